The molecule has 0 saturated carbocycles. The highest BCUT2D eigenvalue weighted by Gasteiger charge is 2.34. The first-order chi connectivity index (χ1) is 13.2. The number of anilines is 1. The molecule has 0 spiro atoms. The van der Waals surface area contributed by atoms with Gasteiger partial charge in [0.2, 0.25) is 10.0 Å². The van der Waals surface area contributed by atoms with Crippen LogP contribution < -0.4 is 4.72 Å². The summed E-state index contributed by atoms with van der Waals surface area (Å²) in [4.78, 5) is 11.7. The van der Waals surface area contributed by atoms with Crippen molar-refractivity contribution in [3.8, 4) is 5.69 Å². The lowest BCUT2D eigenvalue weighted by molar-refractivity contribution is -0.137. The third-order valence-electron chi connectivity index (χ3n) is 3.65. The van der Waals surface area contributed by atoms with E-state index in [0.717, 1.165) is 11.6 Å². The number of hydrogen-bond donors (Lipinski definition) is 1. The van der Waals surface area contributed by atoms with Crippen molar-refractivity contribution < 1.29 is 30.6 Å². The second-order valence-corrected chi connectivity index (χ2v) is 9.88. The number of carbonyl (C=O) groups is 1. The highest BCUT2D eigenvalue weighted by atomic mass is 35.5. The van der Waals surface area contributed by atoms with E-state index in [0.29, 0.717) is 12.1 Å². The van der Waals surface area contributed by atoms with Crippen molar-refractivity contribution in [2.24, 2.45) is 0 Å². The lowest BCUT2D eigenvalue weighted by atomic mass is 10.2. The van der Waals surface area contributed by atoms with Crippen molar-refractivity contribution in [3.05, 3.63) is 33.4 Å². The molecule has 0 saturated heterocycles. The third kappa shape index (κ3) is 4.93. The number of ketones is 1. The highest BCUT2D eigenvalue weighted by Crippen LogP contribution is 2.39. The molecule has 2 rings (SSSR count). The van der Waals surface area contributed by atoms with Crippen LogP contribution in [0.15, 0.2) is 17.0 Å². The molecule has 1 N–H and O–H groups in total. The van der Waals surface area contributed by atoms with Crippen LogP contribution in [0.1, 0.15) is 29.9 Å². The number of Topliss-reactive ketones (excluding diaryl/α,β-unsaturated/α-hetero) is 1. The van der Waals surface area contributed by atoms with Crippen LogP contribution in [0.5, 0.6) is 0 Å². The summed E-state index contributed by atoms with van der Waals surface area (Å²) in [6.45, 7) is 2.44. The van der Waals surface area contributed by atoms with Crippen molar-refractivity contribution >= 4 is 55.6 Å². The maximum atomic E-state index is 13.0. The molecule has 14 heteroatoms. The Kier molecular flexibility index (Phi) is 6.72. The molecular formula is C15H14Cl2F3N3O4S2. The summed E-state index contributed by atoms with van der Waals surface area (Å²) in [5.41, 5.74) is -1.79. The molecule has 1 aromatic carbocycles. The van der Waals surface area contributed by atoms with Crippen molar-refractivity contribution in [2.45, 2.75) is 24.9 Å². The smallest absolute Gasteiger partial charge is 0.293 e. The first-order valence-corrected chi connectivity index (χ1v) is 11.7. The zero-order valence-electron chi connectivity index (χ0n) is 15.1. The van der Waals surface area contributed by atoms with Crippen molar-refractivity contribution in [1.82, 2.24) is 9.78 Å². The summed E-state index contributed by atoms with van der Waals surface area (Å²) in [5, 5.41) is 2.92. The van der Waals surface area contributed by atoms with Gasteiger partial charge < -0.3 is 0 Å². The Hall–Kier alpha value is -1.63. The summed E-state index contributed by atoms with van der Waals surface area (Å²) < 4.78 is 78.3. The topological polar surface area (TPSA) is 98.1 Å². The van der Waals surface area contributed by atoms with Gasteiger partial charge >= 0.3 is 6.18 Å². The average Bonchev–Trinajstić information content (AvgIpc) is 2.92. The van der Waals surface area contributed by atoms with Crippen LogP contribution in [0.3, 0.4) is 0 Å². The Morgan fingerprint density at radius 1 is 1.28 bits per heavy atom. The summed E-state index contributed by atoms with van der Waals surface area (Å²) in [6.07, 6.45) is -3.54. The molecule has 29 heavy (non-hydrogen) atoms. The minimum Gasteiger partial charge on any atom is -0.293 e. The molecule has 0 bridgehead atoms. The molecule has 0 amide bonds. The number of nitrogens with one attached hydrogen (secondary N) is 1. The Morgan fingerprint density at radius 3 is 2.17 bits per heavy atom. The molecule has 1 aromatic heterocycles. The Labute approximate surface area is 176 Å². The zero-order chi connectivity index (χ0) is 22.3. The molecule has 7 nitrogen and oxygen atoms in total. The Balaban J connectivity index is 2.91. The van der Waals surface area contributed by atoms with E-state index in [2.05, 4.69) is 9.82 Å². The van der Waals surface area contributed by atoms with E-state index in [9.17, 15) is 30.6 Å². The van der Waals surface area contributed by atoms with Crippen LogP contribution in [0.4, 0.5) is 19.0 Å². The van der Waals surface area contributed by atoms with Crippen molar-refractivity contribution in [3.63, 3.8) is 0 Å². The number of hydrogen-bond acceptors (Lipinski definition) is 5. The SMILES string of the molecule is CCS(=O)(=O)Nc1c(S(C)=O)c(C(C)=O)nn1-c1c(Cl)cc(C(F)(F)F)cc1Cl. The molecule has 1 heterocycles. The molecule has 0 aliphatic heterocycles. The maximum absolute atomic E-state index is 13.0. The minimum atomic E-state index is -4.73. The number of carbonyl (C=O) groups excluding carboxylic acids is 1. The number of alkyl halides is 3. The number of aromatic nitrogens is 2. The van der Waals surface area contributed by atoms with Crippen LogP contribution in [-0.2, 0) is 27.0 Å². The summed E-state index contributed by atoms with van der Waals surface area (Å²) in [7, 11) is -5.84. The summed E-state index contributed by atoms with van der Waals surface area (Å²) >= 11 is 12.0. The van der Waals surface area contributed by atoms with E-state index >= 15 is 0 Å². The molecule has 0 radical (unpaired) electrons. The van der Waals surface area contributed by atoms with Crippen molar-refractivity contribution in [1.29, 1.82) is 0 Å². The third-order valence-corrected chi connectivity index (χ3v) is 6.45. The van der Waals surface area contributed by atoms with Gasteiger partial charge in [-0.05, 0) is 19.1 Å². The van der Waals surface area contributed by atoms with E-state index in [4.69, 9.17) is 23.2 Å². The first-order valence-electron chi connectivity index (χ1n) is 7.74. The van der Waals surface area contributed by atoms with Gasteiger partial charge in [0.15, 0.2) is 11.6 Å². The second kappa shape index (κ2) is 8.25. The second-order valence-electron chi connectivity index (χ2n) is 5.74. The fourth-order valence-corrected chi connectivity index (χ4v) is 4.51. The normalized spacial score (nSPS) is 13.4. The van der Waals surface area contributed by atoms with E-state index in [1.807, 2.05) is 0 Å². The lowest BCUT2D eigenvalue weighted by Gasteiger charge is -2.15. The fraction of sp³-hybridized carbons (Fsp3) is 0.333. The van der Waals surface area contributed by atoms with Crippen LogP contribution >= 0.6 is 23.2 Å². The van der Waals surface area contributed by atoms with Crippen LogP contribution in [0, 0.1) is 0 Å². The molecule has 2 aromatic rings. The standard InChI is InChI=1S/C15H14Cl2F3N3O4S2/c1-4-29(26,27)22-14-13(28(3)25)11(7(2)24)21-23(14)12-9(16)5-8(6-10(12)17)15(18,19)20/h5-6,22H,4H2,1-3H3. The molecule has 1 unspecified atom stereocenters. The largest absolute Gasteiger partial charge is 0.416 e. The highest BCUT2D eigenvalue weighted by molar-refractivity contribution is 7.92. The quantitative estimate of drug-likeness (QED) is 0.617. The van der Waals surface area contributed by atoms with Gasteiger partial charge in [0.1, 0.15) is 16.3 Å². The minimum absolute atomic E-state index is 0.249. The molecule has 160 valence electrons. The van der Waals surface area contributed by atoms with Gasteiger partial charge in [0.25, 0.3) is 0 Å². The number of halogens is 5. The first kappa shape index (κ1) is 23.6. The van der Waals surface area contributed by atoms with Gasteiger partial charge in [-0.15, -0.1) is 0 Å². The number of benzene rings is 1. The van der Waals surface area contributed by atoms with Gasteiger partial charge in [-0.2, -0.15) is 18.3 Å². The van der Waals surface area contributed by atoms with Crippen LogP contribution in [0.25, 0.3) is 5.69 Å². The predicted octanol–water partition coefficient (Wildman–Crippen LogP) is 3.90. The fourth-order valence-electron chi connectivity index (χ4n) is 2.31. The lowest BCUT2D eigenvalue weighted by Crippen LogP contribution is -2.19. The van der Waals surface area contributed by atoms with Gasteiger partial charge in [-0.1, -0.05) is 23.2 Å². The number of sulfonamides is 1. The van der Waals surface area contributed by atoms with E-state index < -0.39 is 54.2 Å². The predicted molar refractivity (Wildman–Crippen MR) is 104 cm³/mol. The van der Waals surface area contributed by atoms with Gasteiger partial charge in [-0.25, -0.2) is 13.1 Å². The molecular weight excluding hydrogens is 478 g/mol. The zero-order valence-corrected chi connectivity index (χ0v) is 18.2. The molecule has 0 fully saturated rings. The number of rotatable bonds is 6. The van der Waals surface area contributed by atoms with Crippen LogP contribution in [0.2, 0.25) is 10.0 Å². The molecule has 1 atom stereocenters. The maximum Gasteiger partial charge on any atom is 0.416 e. The Morgan fingerprint density at radius 2 is 1.79 bits per heavy atom. The number of nitrogens with zero attached hydrogens (tertiary/aromatic N) is 2. The van der Waals surface area contributed by atoms with Gasteiger partial charge in [0.05, 0.1) is 32.2 Å². The molecule has 0 aliphatic rings. The van der Waals surface area contributed by atoms with Crippen LogP contribution in [-0.4, -0.2) is 40.2 Å². The summed E-state index contributed by atoms with van der Waals surface area (Å²) in [5.74, 6) is -1.43. The van der Waals surface area contributed by atoms with E-state index in [1.54, 1.807) is 0 Å². The molecule has 0 aliphatic carbocycles. The summed E-state index contributed by atoms with van der Waals surface area (Å²) in [6, 6.07) is 1.16. The monoisotopic (exact) mass is 491 g/mol. The van der Waals surface area contributed by atoms with Crippen molar-refractivity contribution in [2.75, 3.05) is 16.7 Å². The Bertz CT molecular complexity index is 1090. The average molecular weight is 492 g/mol. The van der Waals surface area contributed by atoms with Gasteiger partial charge in [0, 0.05) is 13.2 Å². The van der Waals surface area contributed by atoms with E-state index in [-0.39, 0.29) is 22.0 Å². The van der Waals surface area contributed by atoms with E-state index in [1.165, 1.54) is 13.2 Å². The van der Waals surface area contributed by atoms with Gasteiger partial charge in [-0.3, -0.25) is 13.7 Å².